The lowest BCUT2D eigenvalue weighted by molar-refractivity contribution is 0.0690. The molecule has 6 nitrogen and oxygen atoms in total. The maximum absolute atomic E-state index is 10.5. The van der Waals surface area contributed by atoms with Gasteiger partial charge in [-0.05, 0) is 0 Å². The van der Waals surface area contributed by atoms with Crippen LogP contribution in [0.1, 0.15) is 10.5 Å². The Balaban J connectivity index is 2.38. The summed E-state index contributed by atoms with van der Waals surface area (Å²) < 4.78 is 6.68. The topological polar surface area (TPSA) is 81.2 Å². The minimum atomic E-state index is -1.11. The summed E-state index contributed by atoms with van der Waals surface area (Å²) in [4.78, 5) is 18.2. The number of imidazole rings is 1. The third-order valence-corrected chi connectivity index (χ3v) is 1.65. The number of hydrogen-bond acceptors (Lipinski definition) is 4. The second-order valence-corrected chi connectivity index (χ2v) is 2.77. The van der Waals surface area contributed by atoms with Gasteiger partial charge in [0.25, 0.3) is 0 Å². The standard InChI is InChI=1S/C8H7N3O3/c1-11-2-5(9-4-11)7-10-6(3-14-7)8(12)13/h2-4H,1H3,(H,12,13). The number of aromatic nitrogens is 3. The highest BCUT2D eigenvalue weighted by Crippen LogP contribution is 2.15. The van der Waals surface area contributed by atoms with E-state index < -0.39 is 5.97 Å². The number of aryl methyl sites for hydroxylation is 1. The van der Waals surface area contributed by atoms with Gasteiger partial charge in [0.15, 0.2) is 5.69 Å². The Kier molecular flexibility index (Phi) is 1.81. The summed E-state index contributed by atoms with van der Waals surface area (Å²) in [5, 5.41) is 8.60. The molecule has 0 amide bonds. The zero-order chi connectivity index (χ0) is 10.1. The summed E-state index contributed by atoms with van der Waals surface area (Å²) in [5.74, 6) is -0.904. The Morgan fingerprint density at radius 3 is 2.93 bits per heavy atom. The molecule has 0 atom stereocenters. The van der Waals surface area contributed by atoms with E-state index >= 15 is 0 Å². The molecule has 0 unspecified atom stereocenters. The van der Waals surface area contributed by atoms with Gasteiger partial charge in [-0.3, -0.25) is 0 Å². The quantitative estimate of drug-likeness (QED) is 0.761. The van der Waals surface area contributed by atoms with E-state index in [0.29, 0.717) is 5.69 Å². The molecule has 0 aliphatic rings. The molecule has 1 N–H and O–H groups in total. The van der Waals surface area contributed by atoms with E-state index in [1.165, 1.54) is 0 Å². The van der Waals surface area contributed by atoms with Gasteiger partial charge < -0.3 is 14.1 Å². The van der Waals surface area contributed by atoms with Crippen LogP contribution >= 0.6 is 0 Å². The van der Waals surface area contributed by atoms with Crippen LogP contribution in [0.5, 0.6) is 0 Å². The van der Waals surface area contributed by atoms with Gasteiger partial charge in [0, 0.05) is 13.2 Å². The molecular formula is C8H7N3O3. The Bertz CT molecular complexity index is 472. The fourth-order valence-corrected chi connectivity index (χ4v) is 1.01. The summed E-state index contributed by atoms with van der Waals surface area (Å²) in [6, 6.07) is 0. The summed E-state index contributed by atoms with van der Waals surface area (Å²) in [6.45, 7) is 0. The minimum Gasteiger partial charge on any atom is -0.476 e. The van der Waals surface area contributed by atoms with Crippen molar-refractivity contribution < 1.29 is 14.3 Å². The van der Waals surface area contributed by atoms with Gasteiger partial charge in [-0.25, -0.2) is 14.8 Å². The number of oxazole rings is 1. The third-order valence-electron chi connectivity index (χ3n) is 1.65. The van der Waals surface area contributed by atoms with Crippen molar-refractivity contribution >= 4 is 5.97 Å². The molecule has 6 heteroatoms. The van der Waals surface area contributed by atoms with Crippen LogP contribution < -0.4 is 0 Å². The molecule has 0 spiro atoms. The van der Waals surface area contributed by atoms with Gasteiger partial charge in [-0.15, -0.1) is 0 Å². The molecule has 0 saturated carbocycles. The lowest BCUT2D eigenvalue weighted by atomic mass is 10.4. The SMILES string of the molecule is Cn1cnc(-c2nc(C(=O)O)co2)c1. The van der Waals surface area contributed by atoms with Gasteiger partial charge in [0.1, 0.15) is 12.0 Å². The molecule has 2 aromatic heterocycles. The van der Waals surface area contributed by atoms with Crippen molar-refractivity contribution in [3.8, 4) is 11.6 Å². The highest BCUT2D eigenvalue weighted by molar-refractivity contribution is 5.85. The first kappa shape index (κ1) is 8.49. The normalized spacial score (nSPS) is 10.4. The lowest BCUT2D eigenvalue weighted by Gasteiger charge is -1.84. The van der Waals surface area contributed by atoms with E-state index in [4.69, 9.17) is 9.52 Å². The van der Waals surface area contributed by atoms with E-state index in [9.17, 15) is 4.79 Å². The van der Waals surface area contributed by atoms with Crippen LogP contribution in [0.3, 0.4) is 0 Å². The first-order chi connectivity index (χ1) is 6.66. The molecular weight excluding hydrogens is 186 g/mol. The Hall–Kier alpha value is -2.11. The summed E-state index contributed by atoms with van der Waals surface area (Å²) in [6.07, 6.45) is 4.36. The number of aromatic carboxylic acids is 1. The van der Waals surface area contributed by atoms with Crippen molar-refractivity contribution in [2.75, 3.05) is 0 Å². The number of rotatable bonds is 2. The molecule has 0 bridgehead atoms. The summed E-state index contributed by atoms with van der Waals surface area (Å²) in [5.41, 5.74) is 0.394. The van der Waals surface area contributed by atoms with E-state index in [2.05, 4.69) is 9.97 Å². The number of hydrogen-bond donors (Lipinski definition) is 1. The van der Waals surface area contributed by atoms with Crippen LogP contribution in [-0.4, -0.2) is 25.6 Å². The van der Waals surface area contributed by atoms with Crippen molar-refractivity contribution in [3.63, 3.8) is 0 Å². The Morgan fingerprint density at radius 2 is 2.43 bits per heavy atom. The van der Waals surface area contributed by atoms with Crippen molar-refractivity contribution in [3.05, 3.63) is 24.5 Å². The van der Waals surface area contributed by atoms with Crippen molar-refractivity contribution in [2.24, 2.45) is 7.05 Å². The molecule has 2 aromatic rings. The Labute approximate surface area is 78.8 Å². The predicted molar refractivity (Wildman–Crippen MR) is 45.7 cm³/mol. The second-order valence-electron chi connectivity index (χ2n) is 2.77. The van der Waals surface area contributed by atoms with Crippen LogP contribution in [0.4, 0.5) is 0 Å². The monoisotopic (exact) mass is 193 g/mol. The van der Waals surface area contributed by atoms with Gasteiger partial charge >= 0.3 is 5.97 Å². The van der Waals surface area contributed by atoms with Crippen molar-refractivity contribution in [2.45, 2.75) is 0 Å². The van der Waals surface area contributed by atoms with Gasteiger partial charge in [-0.1, -0.05) is 0 Å². The molecule has 0 aliphatic heterocycles. The van der Waals surface area contributed by atoms with Crippen LogP contribution in [0.25, 0.3) is 11.6 Å². The largest absolute Gasteiger partial charge is 0.476 e. The van der Waals surface area contributed by atoms with Gasteiger partial charge in [0.2, 0.25) is 5.89 Å². The molecule has 0 radical (unpaired) electrons. The number of nitrogens with zero attached hydrogens (tertiary/aromatic N) is 3. The predicted octanol–water partition coefficient (Wildman–Crippen LogP) is 0.773. The molecule has 0 fully saturated rings. The summed E-state index contributed by atoms with van der Waals surface area (Å²) in [7, 11) is 1.80. The fourth-order valence-electron chi connectivity index (χ4n) is 1.01. The first-order valence-electron chi connectivity index (χ1n) is 3.84. The highest BCUT2D eigenvalue weighted by atomic mass is 16.4. The smallest absolute Gasteiger partial charge is 0.357 e. The van der Waals surface area contributed by atoms with E-state index in [-0.39, 0.29) is 11.6 Å². The van der Waals surface area contributed by atoms with E-state index in [0.717, 1.165) is 6.26 Å². The highest BCUT2D eigenvalue weighted by Gasteiger charge is 2.13. The van der Waals surface area contributed by atoms with Crippen molar-refractivity contribution in [1.82, 2.24) is 14.5 Å². The molecule has 0 aliphatic carbocycles. The Morgan fingerprint density at radius 1 is 1.64 bits per heavy atom. The molecule has 0 saturated heterocycles. The maximum Gasteiger partial charge on any atom is 0.357 e. The number of carboxylic acids is 1. The zero-order valence-electron chi connectivity index (χ0n) is 7.34. The fraction of sp³-hybridized carbons (Fsp3) is 0.125. The average molecular weight is 193 g/mol. The first-order valence-corrected chi connectivity index (χ1v) is 3.84. The van der Waals surface area contributed by atoms with E-state index in [1.54, 1.807) is 24.1 Å². The molecule has 2 heterocycles. The van der Waals surface area contributed by atoms with Gasteiger partial charge in [0.05, 0.1) is 6.33 Å². The lowest BCUT2D eigenvalue weighted by Crippen LogP contribution is -1.95. The van der Waals surface area contributed by atoms with Crippen LogP contribution in [0.15, 0.2) is 23.2 Å². The van der Waals surface area contributed by atoms with Crippen molar-refractivity contribution in [1.29, 1.82) is 0 Å². The second kappa shape index (κ2) is 2.99. The number of carbonyl (C=O) groups is 1. The van der Waals surface area contributed by atoms with Crippen LogP contribution in [-0.2, 0) is 7.05 Å². The molecule has 2 rings (SSSR count). The maximum atomic E-state index is 10.5. The molecule has 0 aromatic carbocycles. The molecule has 72 valence electrons. The molecule has 14 heavy (non-hydrogen) atoms. The average Bonchev–Trinajstić information content (AvgIpc) is 2.70. The third kappa shape index (κ3) is 1.37. The number of carboxylic acid groups (broad SMARTS) is 1. The zero-order valence-corrected chi connectivity index (χ0v) is 7.34. The van der Waals surface area contributed by atoms with Gasteiger partial charge in [-0.2, -0.15) is 0 Å². The van der Waals surface area contributed by atoms with Crippen LogP contribution in [0.2, 0.25) is 0 Å². The van der Waals surface area contributed by atoms with E-state index in [1.807, 2.05) is 0 Å². The van der Waals surface area contributed by atoms with Crippen LogP contribution in [0, 0.1) is 0 Å². The summed E-state index contributed by atoms with van der Waals surface area (Å²) >= 11 is 0. The minimum absolute atomic E-state index is 0.120.